The molecule has 2 aromatic carbocycles. The predicted molar refractivity (Wildman–Crippen MR) is 123 cm³/mol. The third kappa shape index (κ3) is 7.80. The molecule has 5 atom stereocenters. The number of aryl methyl sites for hydroxylation is 1. The fourth-order valence-corrected chi connectivity index (χ4v) is 3.82. The minimum atomic E-state index is -1.27. The number of aliphatic hydroxyl groups excluding tert-OH is 2. The van der Waals surface area contributed by atoms with Crippen LogP contribution >= 0.6 is 0 Å². The summed E-state index contributed by atoms with van der Waals surface area (Å²) in [5.74, 6) is 0. The zero-order chi connectivity index (χ0) is 23.5. The number of carbonyl (C=O) groups is 1. The maximum atomic E-state index is 12.2. The summed E-state index contributed by atoms with van der Waals surface area (Å²) < 4.78 is 16.3. The van der Waals surface area contributed by atoms with Gasteiger partial charge in [0, 0.05) is 13.7 Å². The first-order valence-corrected chi connectivity index (χ1v) is 11.3. The van der Waals surface area contributed by atoms with E-state index in [1.165, 1.54) is 12.7 Å². The highest BCUT2D eigenvalue weighted by atomic mass is 16.7. The summed E-state index contributed by atoms with van der Waals surface area (Å²) in [6.07, 6.45) is -1.73. The predicted octanol–water partition coefficient (Wildman–Crippen LogP) is 1.99. The number of amides is 1. The molecule has 3 rings (SSSR count). The van der Waals surface area contributed by atoms with Gasteiger partial charge in [-0.3, -0.25) is 0 Å². The minimum absolute atomic E-state index is 0.0906. The van der Waals surface area contributed by atoms with Crippen molar-refractivity contribution in [2.24, 2.45) is 0 Å². The third-order valence-corrected chi connectivity index (χ3v) is 5.69. The average molecular weight is 459 g/mol. The average Bonchev–Trinajstić information content (AvgIpc) is 2.85. The highest BCUT2D eigenvalue weighted by Gasteiger charge is 2.45. The number of unbranched alkanes of at least 4 members (excludes halogenated alkanes) is 1. The van der Waals surface area contributed by atoms with Crippen LogP contribution in [0.15, 0.2) is 60.7 Å². The maximum absolute atomic E-state index is 12.2. The van der Waals surface area contributed by atoms with Crippen LogP contribution in [-0.2, 0) is 27.2 Å². The monoisotopic (exact) mass is 458 g/mol. The Morgan fingerprint density at radius 3 is 2.30 bits per heavy atom. The number of benzene rings is 2. The van der Waals surface area contributed by atoms with Gasteiger partial charge in [0.1, 0.15) is 31.0 Å². The van der Waals surface area contributed by atoms with E-state index >= 15 is 0 Å². The van der Waals surface area contributed by atoms with E-state index in [4.69, 9.17) is 14.2 Å². The summed E-state index contributed by atoms with van der Waals surface area (Å²) in [6.45, 7) is 1.21. The topological polar surface area (TPSA) is 109 Å². The molecule has 1 amide bonds. The van der Waals surface area contributed by atoms with Crippen LogP contribution in [0.1, 0.15) is 24.0 Å². The Hall–Kier alpha value is -2.49. The van der Waals surface area contributed by atoms with Crippen molar-refractivity contribution < 1.29 is 29.2 Å². The number of methoxy groups -OCH3 is 1. The van der Waals surface area contributed by atoms with E-state index in [-0.39, 0.29) is 6.61 Å². The van der Waals surface area contributed by atoms with Gasteiger partial charge in [-0.2, -0.15) is 0 Å². The Kier molecular flexibility index (Phi) is 10.1. The van der Waals surface area contributed by atoms with Gasteiger partial charge in [-0.15, -0.1) is 0 Å². The Balaban J connectivity index is 1.39. The first-order valence-electron chi connectivity index (χ1n) is 11.3. The highest BCUT2D eigenvalue weighted by molar-refractivity contribution is 5.67. The molecule has 0 aromatic heterocycles. The number of carbonyl (C=O) groups excluding carboxylic acids is 1. The fourth-order valence-electron chi connectivity index (χ4n) is 3.82. The number of rotatable bonds is 11. The summed E-state index contributed by atoms with van der Waals surface area (Å²) in [7, 11) is 1.42. The number of hydrogen-bond donors (Lipinski definition) is 4. The smallest absolute Gasteiger partial charge is 0.407 e. The molecule has 8 heteroatoms. The number of ether oxygens (including phenoxy) is 3. The largest absolute Gasteiger partial charge is 0.445 e. The lowest BCUT2D eigenvalue weighted by Gasteiger charge is -2.42. The first-order chi connectivity index (χ1) is 16.1. The van der Waals surface area contributed by atoms with Crippen LogP contribution in [0, 0.1) is 0 Å². The van der Waals surface area contributed by atoms with Gasteiger partial charge in [-0.25, -0.2) is 4.79 Å². The lowest BCUT2D eigenvalue weighted by molar-refractivity contribution is -0.254. The third-order valence-electron chi connectivity index (χ3n) is 5.69. The van der Waals surface area contributed by atoms with Crippen LogP contribution in [0.4, 0.5) is 4.79 Å². The molecule has 2 aromatic rings. The van der Waals surface area contributed by atoms with E-state index in [2.05, 4.69) is 22.8 Å². The Bertz CT molecular complexity index is 820. The summed E-state index contributed by atoms with van der Waals surface area (Å²) >= 11 is 0. The van der Waals surface area contributed by atoms with E-state index in [9.17, 15) is 15.0 Å². The second-order valence-electron chi connectivity index (χ2n) is 8.14. The summed E-state index contributed by atoms with van der Waals surface area (Å²) in [5.41, 5.74) is 2.15. The first kappa shape index (κ1) is 25.1. The van der Waals surface area contributed by atoms with Gasteiger partial charge in [0.2, 0.25) is 0 Å². The lowest BCUT2D eigenvalue weighted by atomic mass is 9.96. The van der Waals surface area contributed by atoms with E-state index < -0.39 is 36.7 Å². The molecule has 0 spiro atoms. The quantitative estimate of drug-likeness (QED) is 0.381. The number of aliphatic hydroxyl groups is 2. The SMILES string of the molecule is CO[C@H]1O[C@H](CNCCCCc2ccccc2)[C@@H](O)[C@H](O)[C@H]1NC(=O)OCc1ccccc1. The van der Waals surface area contributed by atoms with Crippen LogP contribution in [-0.4, -0.2) is 67.1 Å². The molecule has 0 aliphatic carbocycles. The standard InChI is InChI=1S/C25H34N2O6/c1-31-24-21(27-25(30)32-17-19-13-6-3-7-14-19)23(29)22(28)20(33-24)16-26-15-9-8-12-18-10-4-2-5-11-18/h2-7,10-11,13-14,20-24,26,28-29H,8-9,12,15-17H2,1H3,(H,27,30)/t20-,21-,22-,23-,24+/m1/s1. The summed E-state index contributed by atoms with van der Waals surface area (Å²) in [4.78, 5) is 12.2. The number of hydrogen-bond acceptors (Lipinski definition) is 7. The van der Waals surface area contributed by atoms with Crippen molar-refractivity contribution in [3.8, 4) is 0 Å². The molecule has 1 aliphatic rings. The highest BCUT2D eigenvalue weighted by Crippen LogP contribution is 2.22. The van der Waals surface area contributed by atoms with E-state index in [0.717, 1.165) is 31.4 Å². The molecule has 1 heterocycles. The normalized spacial score (nSPS) is 24.9. The molecule has 0 bridgehead atoms. The molecule has 33 heavy (non-hydrogen) atoms. The number of alkyl carbamates (subject to hydrolysis) is 1. The van der Waals surface area contributed by atoms with Crippen LogP contribution in [0.2, 0.25) is 0 Å². The second kappa shape index (κ2) is 13.3. The van der Waals surface area contributed by atoms with Gasteiger partial charge in [-0.05, 0) is 36.9 Å². The van der Waals surface area contributed by atoms with Crippen LogP contribution in [0.25, 0.3) is 0 Å². The van der Waals surface area contributed by atoms with E-state index in [1.807, 2.05) is 48.5 Å². The Morgan fingerprint density at radius 1 is 0.970 bits per heavy atom. The minimum Gasteiger partial charge on any atom is -0.445 e. The summed E-state index contributed by atoms with van der Waals surface area (Å²) in [5, 5.41) is 26.9. The van der Waals surface area contributed by atoms with Gasteiger partial charge in [0.15, 0.2) is 6.29 Å². The Labute approximate surface area is 194 Å². The van der Waals surface area contributed by atoms with Crippen molar-refractivity contribution in [1.29, 1.82) is 0 Å². The van der Waals surface area contributed by atoms with Crippen molar-refractivity contribution in [2.45, 2.75) is 56.5 Å². The Morgan fingerprint density at radius 2 is 1.64 bits per heavy atom. The van der Waals surface area contributed by atoms with E-state index in [0.29, 0.717) is 6.54 Å². The van der Waals surface area contributed by atoms with Crippen LogP contribution in [0.3, 0.4) is 0 Å². The molecule has 1 saturated heterocycles. The zero-order valence-corrected chi connectivity index (χ0v) is 18.9. The molecular weight excluding hydrogens is 424 g/mol. The van der Waals surface area contributed by atoms with Crippen molar-refractivity contribution >= 4 is 6.09 Å². The molecule has 1 aliphatic heterocycles. The lowest BCUT2D eigenvalue weighted by Crippen LogP contribution is -2.65. The maximum Gasteiger partial charge on any atom is 0.407 e. The van der Waals surface area contributed by atoms with Crippen molar-refractivity contribution in [1.82, 2.24) is 10.6 Å². The zero-order valence-electron chi connectivity index (χ0n) is 18.9. The van der Waals surface area contributed by atoms with Gasteiger partial charge in [0.05, 0.1) is 0 Å². The van der Waals surface area contributed by atoms with Gasteiger partial charge in [-0.1, -0.05) is 60.7 Å². The van der Waals surface area contributed by atoms with Gasteiger partial charge >= 0.3 is 6.09 Å². The van der Waals surface area contributed by atoms with Crippen molar-refractivity contribution in [2.75, 3.05) is 20.2 Å². The second-order valence-corrected chi connectivity index (χ2v) is 8.14. The van der Waals surface area contributed by atoms with Crippen molar-refractivity contribution in [3.63, 3.8) is 0 Å². The molecule has 0 saturated carbocycles. The molecule has 0 radical (unpaired) electrons. The molecule has 0 unspecified atom stereocenters. The van der Waals surface area contributed by atoms with E-state index in [1.54, 1.807) is 0 Å². The van der Waals surface area contributed by atoms with Gasteiger partial charge in [0.25, 0.3) is 0 Å². The molecule has 8 nitrogen and oxygen atoms in total. The molecule has 1 fully saturated rings. The molecule has 4 N–H and O–H groups in total. The van der Waals surface area contributed by atoms with Gasteiger partial charge < -0.3 is 35.1 Å². The van der Waals surface area contributed by atoms with Crippen LogP contribution in [0.5, 0.6) is 0 Å². The fraction of sp³-hybridized carbons (Fsp3) is 0.480. The molecule has 180 valence electrons. The van der Waals surface area contributed by atoms with Crippen LogP contribution < -0.4 is 10.6 Å². The molecular formula is C25H34N2O6. The number of nitrogens with one attached hydrogen (secondary N) is 2. The van der Waals surface area contributed by atoms with Crippen molar-refractivity contribution in [3.05, 3.63) is 71.8 Å². The summed E-state index contributed by atoms with van der Waals surface area (Å²) in [6, 6.07) is 18.6.